The third kappa shape index (κ3) is 4.16. The van der Waals surface area contributed by atoms with Gasteiger partial charge in [-0.25, -0.2) is 0 Å². The third-order valence-electron chi connectivity index (χ3n) is 1.87. The largest absolute Gasteiger partial charge is 0.485 e. The van der Waals surface area contributed by atoms with Gasteiger partial charge in [-0.05, 0) is 26.0 Å². The molecule has 1 aromatic carbocycles. The van der Waals surface area contributed by atoms with E-state index >= 15 is 0 Å². The molecule has 0 N–H and O–H groups in total. The first-order valence-electron chi connectivity index (χ1n) is 5.35. The first kappa shape index (κ1) is 12.9. The molecule has 3 nitrogen and oxygen atoms in total. The highest BCUT2D eigenvalue weighted by Crippen LogP contribution is 2.18. The summed E-state index contributed by atoms with van der Waals surface area (Å²) in [5.41, 5.74) is 0. The Labute approximate surface area is 95.1 Å². The van der Waals surface area contributed by atoms with Gasteiger partial charge in [0.2, 0.25) is 0 Å². The minimum Gasteiger partial charge on any atom is -0.485 e. The zero-order chi connectivity index (χ0) is 11.9. The van der Waals surface area contributed by atoms with Gasteiger partial charge in [-0.3, -0.25) is 0 Å². The van der Waals surface area contributed by atoms with Crippen molar-refractivity contribution >= 4 is 0 Å². The van der Waals surface area contributed by atoms with E-state index in [9.17, 15) is 4.39 Å². The summed E-state index contributed by atoms with van der Waals surface area (Å²) in [4.78, 5) is 0. The topological polar surface area (TPSA) is 27.7 Å². The summed E-state index contributed by atoms with van der Waals surface area (Å²) in [6.07, 6.45) is 0. The Balaban J connectivity index is 2.49. The molecule has 1 aromatic rings. The predicted octanol–water partition coefficient (Wildman–Crippen LogP) is 2.76. The molecule has 0 atom stereocenters. The van der Waals surface area contributed by atoms with Crippen LogP contribution in [0.3, 0.4) is 0 Å². The quantitative estimate of drug-likeness (QED) is 0.672. The van der Waals surface area contributed by atoms with Crippen LogP contribution in [0.4, 0.5) is 4.39 Å². The van der Waals surface area contributed by atoms with Crippen molar-refractivity contribution in [1.82, 2.24) is 0 Å². The van der Waals surface area contributed by atoms with Gasteiger partial charge in [0.1, 0.15) is 5.75 Å². The van der Waals surface area contributed by atoms with E-state index in [4.69, 9.17) is 14.2 Å². The van der Waals surface area contributed by atoms with E-state index in [1.54, 1.807) is 26.0 Å². The fourth-order valence-electron chi connectivity index (χ4n) is 1.24. The molecule has 1 rings (SSSR count). The molecule has 0 amide bonds. The maximum absolute atomic E-state index is 13.9. The first-order valence-corrected chi connectivity index (χ1v) is 5.35. The van der Waals surface area contributed by atoms with Crippen LogP contribution in [0.2, 0.25) is 0 Å². The van der Waals surface area contributed by atoms with Crippen LogP contribution in [0.25, 0.3) is 0 Å². The summed E-state index contributed by atoms with van der Waals surface area (Å²) in [5.74, 6) is 0.587. The number of benzene rings is 1. The van der Waals surface area contributed by atoms with Crippen LogP contribution in [0.15, 0.2) is 30.3 Å². The maximum Gasteiger partial charge on any atom is 0.355 e. The average Bonchev–Trinajstić information content (AvgIpc) is 2.29. The van der Waals surface area contributed by atoms with Gasteiger partial charge in [0, 0.05) is 0 Å². The number of para-hydroxylation sites is 1. The number of hydrogen-bond acceptors (Lipinski definition) is 3. The maximum atomic E-state index is 13.9. The van der Waals surface area contributed by atoms with Crippen LogP contribution in [0.5, 0.6) is 5.75 Å². The van der Waals surface area contributed by atoms with Gasteiger partial charge in [0.05, 0.1) is 13.2 Å². The molecule has 0 saturated heterocycles. The van der Waals surface area contributed by atoms with Gasteiger partial charge in [-0.2, -0.15) is 4.39 Å². The number of hydrogen-bond donors (Lipinski definition) is 0. The Morgan fingerprint density at radius 1 is 1.06 bits per heavy atom. The lowest BCUT2D eigenvalue weighted by Crippen LogP contribution is -2.37. The molecule has 0 fully saturated rings. The lowest BCUT2D eigenvalue weighted by molar-refractivity contribution is -0.323. The van der Waals surface area contributed by atoms with Crippen molar-refractivity contribution in [2.75, 3.05) is 19.8 Å². The van der Waals surface area contributed by atoms with Gasteiger partial charge in [-0.1, -0.05) is 18.2 Å². The Hall–Kier alpha value is -1.13. The van der Waals surface area contributed by atoms with Crippen molar-refractivity contribution in [3.8, 4) is 5.75 Å². The molecule has 0 radical (unpaired) electrons. The summed E-state index contributed by atoms with van der Waals surface area (Å²) < 4.78 is 28.9. The number of halogens is 1. The summed E-state index contributed by atoms with van der Waals surface area (Å²) in [6.45, 7) is 3.59. The fourth-order valence-corrected chi connectivity index (χ4v) is 1.24. The highest BCUT2D eigenvalue weighted by Gasteiger charge is 2.32. The van der Waals surface area contributed by atoms with Crippen LogP contribution in [-0.2, 0) is 9.47 Å². The summed E-state index contributed by atoms with van der Waals surface area (Å²) in [5, 5.41) is 0. The number of alkyl halides is 1. The van der Waals surface area contributed by atoms with Crippen molar-refractivity contribution in [3.05, 3.63) is 30.3 Å². The summed E-state index contributed by atoms with van der Waals surface area (Å²) in [7, 11) is 0. The summed E-state index contributed by atoms with van der Waals surface area (Å²) in [6, 6.07) is 6.82. The first-order chi connectivity index (χ1) is 7.70. The van der Waals surface area contributed by atoms with Crippen molar-refractivity contribution in [3.63, 3.8) is 0 Å². The van der Waals surface area contributed by atoms with E-state index < -0.39 is 6.04 Å². The van der Waals surface area contributed by atoms with Gasteiger partial charge in [0.25, 0.3) is 0 Å². The lowest BCUT2D eigenvalue weighted by Gasteiger charge is -2.24. The minimum atomic E-state index is -2.17. The second-order valence-corrected chi connectivity index (χ2v) is 3.13. The Morgan fingerprint density at radius 2 is 1.62 bits per heavy atom. The standard InChI is InChI=1S/C12H17FO3/c1-3-15-12(13,16-4-2)10-14-11-8-6-5-7-9-11/h5-9H,3-4,10H2,1-2H3. The van der Waals surface area contributed by atoms with E-state index in [0.29, 0.717) is 5.75 Å². The minimum absolute atomic E-state index is 0.231. The average molecular weight is 228 g/mol. The van der Waals surface area contributed by atoms with Crippen LogP contribution in [-0.4, -0.2) is 25.9 Å². The van der Waals surface area contributed by atoms with Gasteiger partial charge < -0.3 is 14.2 Å². The molecule has 0 spiro atoms. The van der Waals surface area contributed by atoms with Crippen molar-refractivity contribution in [2.45, 2.75) is 19.9 Å². The molecular weight excluding hydrogens is 211 g/mol. The molecule has 0 aliphatic heterocycles. The smallest absolute Gasteiger partial charge is 0.355 e. The van der Waals surface area contributed by atoms with Crippen molar-refractivity contribution in [1.29, 1.82) is 0 Å². The lowest BCUT2D eigenvalue weighted by atomic mass is 10.3. The predicted molar refractivity (Wildman–Crippen MR) is 59.0 cm³/mol. The highest BCUT2D eigenvalue weighted by atomic mass is 19.2. The highest BCUT2D eigenvalue weighted by molar-refractivity contribution is 5.20. The second kappa shape index (κ2) is 6.45. The number of ether oxygens (including phenoxy) is 3. The van der Waals surface area contributed by atoms with Gasteiger partial charge in [0.15, 0.2) is 6.61 Å². The molecule has 0 heterocycles. The monoisotopic (exact) mass is 228 g/mol. The zero-order valence-corrected chi connectivity index (χ0v) is 9.61. The molecule has 0 aliphatic rings. The Morgan fingerprint density at radius 3 is 2.12 bits per heavy atom. The van der Waals surface area contributed by atoms with Crippen LogP contribution in [0.1, 0.15) is 13.8 Å². The molecular formula is C12H17FO3. The fraction of sp³-hybridized carbons (Fsp3) is 0.500. The normalized spacial score (nSPS) is 11.4. The molecule has 16 heavy (non-hydrogen) atoms. The van der Waals surface area contributed by atoms with Crippen LogP contribution in [0, 0.1) is 0 Å². The van der Waals surface area contributed by atoms with Gasteiger partial charge >= 0.3 is 6.04 Å². The molecule has 0 saturated carbocycles. The van der Waals surface area contributed by atoms with E-state index in [1.165, 1.54) is 0 Å². The van der Waals surface area contributed by atoms with Crippen LogP contribution >= 0.6 is 0 Å². The number of rotatable bonds is 7. The molecule has 0 aromatic heterocycles. The van der Waals surface area contributed by atoms with E-state index in [2.05, 4.69) is 0 Å². The van der Waals surface area contributed by atoms with Crippen molar-refractivity contribution in [2.24, 2.45) is 0 Å². The molecule has 0 aliphatic carbocycles. The van der Waals surface area contributed by atoms with E-state index in [0.717, 1.165) is 0 Å². The van der Waals surface area contributed by atoms with Crippen LogP contribution < -0.4 is 4.74 Å². The second-order valence-electron chi connectivity index (χ2n) is 3.13. The molecule has 0 unspecified atom stereocenters. The molecule has 0 bridgehead atoms. The van der Waals surface area contributed by atoms with Gasteiger partial charge in [-0.15, -0.1) is 0 Å². The van der Waals surface area contributed by atoms with E-state index in [1.807, 2.05) is 18.2 Å². The van der Waals surface area contributed by atoms with Crippen molar-refractivity contribution < 1.29 is 18.6 Å². The third-order valence-corrected chi connectivity index (χ3v) is 1.87. The molecule has 90 valence electrons. The zero-order valence-electron chi connectivity index (χ0n) is 9.61. The summed E-state index contributed by atoms with van der Waals surface area (Å²) >= 11 is 0. The molecule has 4 heteroatoms. The SMILES string of the molecule is CCOC(F)(COc1ccccc1)OCC. The Bertz CT molecular complexity index is 284. The Kier molecular flexibility index (Phi) is 5.22. The van der Waals surface area contributed by atoms with E-state index in [-0.39, 0.29) is 19.8 Å².